The molecule has 0 fully saturated rings. The maximum absolute atomic E-state index is 10.9. The fraction of sp³-hybridized carbons (Fsp3) is 0. The molecule has 0 saturated carbocycles. The normalized spacial score (nSPS) is 11.3. The van der Waals surface area contributed by atoms with E-state index in [4.69, 9.17) is 0 Å². The van der Waals surface area contributed by atoms with E-state index in [1.165, 1.54) is 12.1 Å². The second-order valence-electron chi connectivity index (χ2n) is 5.50. The van der Waals surface area contributed by atoms with Crippen LogP contribution in [-0.4, -0.2) is 15.1 Å². The Morgan fingerprint density at radius 2 is 1.20 bits per heavy atom. The van der Waals surface area contributed by atoms with Crippen LogP contribution in [0.25, 0.3) is 11.6 Å². The van der Waals surface area contributed by atoms with Gasteiger partial charge in [-0.05, 0) is 64.7 Å². The Hall–Kier alpha value is -3.60. The van der Waals surface area contributed by atoms with Gasteiger partial charge in [-0.3, -0.25) is 10.1 Å². The number of benzene rings is 3. The maximum Gasteiger partial charge on any atom is 0.269 e. The molecule has 124 valence electrons. The summed E-state index contributed by atoms with van der Waals surface area (Å²) in [5.74, 6) is 0.343. The fourth-order valence-corrected chi connectivity index (χ4v) is 2.47. The molecule has 5 nitrogen and oxygen atoms in total. The van der Waals surface area contributed by atoms with Gasteiger partial charge in [-0.25, -0.2) is 0 Å². The van der Waals surface area contributed by atoms with Crippen LogP contribution in [0.4, 0.5) is 5.69 Å². The number of non-ortho nitro benzene ring substituents is 1. The van der Waals surface area contributed by atoms with Crippen LogP contribution in [0.15, 0.2) is 72.8 Å². The lowest BCUT2D eigenvalue weighted by molar-refractivity contribution is -0.384. The van der Waals surface area contributed by atoms with Gasteiger partial charge in [0, 0.05) is 12.1 Å². The Bertz CT molecular complexity index is 911. The van der Waals surface area contributed by atoms with E-state index in [9.17, 15) is 20.3 Å². The Kier molecular flexibility index (Phi) is 4.48. The van der Waals surface area contributed by atoms with E-state index < -0.39 is 4.92 Å². The minimum Gasteiger partial charge on any atom is -0.508 e. The van der Waals surface area contributed by atoms with Crippen molar-refractivity contribution in [1.29, 1.82) is 0 Å². The average molecular weight is 333 g/mol. The molecule has 0 radical (unpaired) electrons. The number of hydrogen-bond acceptors (Lipinski definition) is 4. The first kappa shape index (κ1) is 16.3. The lowest BCUT2D eigenvalue weighted by Crippen LogP contribution is -1.91. The molecule has 0 saturated heterocycles. The minimum atomic E-state index is -0.437. The standard InChI is InChI=1S/C20H15NO4/c22-18-9-1-14(2-10-18)13-20(16-5-11-19(23)12-6-16)15-3-7-17(8-4-15)21(24)25/h1-13,22-23H. The summed E-state index contributed by atoms with van der Waals surface area (Å²) in [7, 11) is 0. The highest BCUT2D eigenvalue weighted by Gasteiger charge is 2.09. The van der Waals surface area contributed by atoms with E-state index in [0.29, 0.717) is 0 Å². The van der Waals surface area contributed by atoms with Crippen molar-refractivity contribution in [3.05, 3.63) is 99.6 Å². The van der Waals surface area contributed by atoms with Crippen LogP contribution >= 0.6 is 0 Å². The molecular formula is C20H15NO4. The molecule has 0 unspecified atom stereocenters. The monoisotopic (exact) mass is 333 g/mol. The van der Waals surface area contributed by atoms with Crippen molar-refractivity contribution in [2.45, 2.75) is 0 Å². The smallest absolute Gasteiger partial charge is 0.269 e. The van der Waals surface area contributed by atoms with E-state index in [1.54, 1.807) is 60.7 Å². The summed E-state index contributed by atoms with van der Waals surface area (Å²) in [5, 5.41) is 29.8. The Labute approximate surface area is 144 Å². The van der Waals surface area contributed by atoms with Crippen LogP contribution in [0.2, 0.25) is 0 Å². The third kappa shape index (κ3) is 3.84. The van der Waals surface area contributed by atoms with Crippen molar-refractivity contribution in [3.8, 4) is 11.5 Å². The second-order valence-corrected chi connectivity index (χ2v) is 5.50. The van der Waals surface area contributed by atoms with E-state index in [-0.39, 0.29) is 17.2 Å². The maximum atomic E-state index is 10.9. The van der Waals surface area contributed by atoms with Gasteiger partial charge in [0.15, 0.2) is 0 Å². The zero-order valence-electron chi connectivity index (χ0n) is 13.2. The van der Waals surface area contributed by atoms with Crippen LogP contribution in [0.3, 0.4) is 0 Å². The SMILES string of the molecule is O=[N+]([O-])c1ccc(C(=Cc2ccc(O)cc2)c2ccc(O)cc2)cc1. The van der Waals surface area contributed by atoms with Gasteiger partial charge in [0.1, 0.15) is 11.5 Å². The van der Waals surface area contributed by atoms with E-state index in [0.717, 1.165) is 22.3 Å². The van der Waals surface area contributed by atoms with Crippen LogP contribution in [0.1, 0.15) is 16.7 Å². The molecule has 0 heterocycles. The zero-order valence-corrected chi connectivity index (χ0v) is 13.2. The largest absolute Gasteiger partial charge is 0.508 e. The van der Waals surface area contributed by atoms with Crippen molar-refractivity contribution in [2.24, 2.45) is 0 Å². The molecule has 25 heavy (non-hydrogen) atoms. The summed E-state index contributed by atoms with van der Waals surface area (Å²) in [6, 6.07) is 19.8. The summed E-state index contributed by atoms with van der Waals surface area (Å²) in [4.78, 5) is 10.4. The number of nitro groups is 1. The third-order valence-corrected chi connectivity index (χ3v) is 3.77. The van der Waals surface area contributed by atoms with Gasteiger partial charge >= 0.3 is 0 Å². The first-order valence-corrected chi connectivity index (χ1v) is 7.58. The molecule has 5 heteroatoms. The first-order chi connectivity index (χ1) is 12.0. The van der Waals surface area contributed by atoms with E-state index in [2.05, 4.69) is 0 Å². The predicted octanol–water partition coefficient (Wildman–Crippen LogP) is 4.59. The quantitative estimate of drug-likeness (QED) is 0.415. The number of phenolic OH excluding ortho intramolecular Hbond substituents is 2. The van der Waals surface area contributed by atoms with E-state index in [1.807, 2.05) is 6.08 Å². The van der Waals surface area contributed by atoms with Gasteiger partial charge in [0.2, 0.25) is 0 Å². The molecule has 3 aromatic carbocycles. The molecule has 2 N–H and O–H groups in total. The minimum absolute atomic E-state index is 0.0263. The molecule has 3 rings (SSSR count). The molecule has 0 bridgehead atoms. The fourth-order valence-electron chi connectivity index (χ4n) is 2.47. The Balaban J connectivity index is 2.09. The van der Waals surface area contributed by atoms with Gasteiger partial charge < -0.3 is 10.2 Å². The lowest BCUT2D eigenvalue weighted by Gasteiger charge is -2.09. The van der Waals surface area contributed by atoms with Crippen molar-refractivity contribution in [1.82, 2.24) is 0 Å². The van der Waals surface area contributed by atoms with Crippen molar-refractivity contribution < 1.29 is 15.1 Å². The molecule has 0 aliphatic carbocycles. The number of rotatable bonds is 4. The molecule has 0 aromatic heterocycles. The van der Waals surface area contributed by atoms with Crippen molar-refractivity contribution in [3.63, 3.8) is 0 Å². The molecule has 0 amide bonds. The average Bonchev–Trinajstić information content (AvgIpc) is 2.62. The Morgan fingerprint density at radius 3 is 1.68 bits per heavy atom. The van der Waals surface area contributed by atoms with Crippen LogP contribution < -0.4 is 0 Å². The molecule has 0 atom stereocenters. The number of hydrogen-bond donors (Lipinski definition) is 2. The van der Waals surface area contributed by atoms with Crippen LogP contribution in [-0.2, 0) is 0 Å². The van der Waals surface area contributed by atoms with Gasteiger partial charge in [-0.1, -0.05) is 24.3 Å². The summed E-state index contributed by atoms with van der Waals surface area (Å²) in [6.45, 7) is 0. The summed E-state index contributed by atoms with van der Waals surface area (Å²) >= 11 is 0. The molecule has 0 aliphatic rings. The number of nitrogens with zero attached hydrogens (tertiary/aromatic N) is 1. The van der Waals surface area contributed by atoms with Gasteiger partial charge in [0.25, 0.3) is 5.69 Å². The zero-order chi connectivity index (χ0) is 17.8. The second kappa shape index (κ2) is 6.88. The summed E-state index contributed by atoms with van der Waals surface area (Å²) in [5.41, 5.74) is 3.42. The van der Waals surface area contributed by atoms with Crippen LogP contribution in [0.5, 0.6) is 11.5 Å². The van der Waals surface area contributed by atoms with Gasteiger partial charge in [-0.2, -0.15) is 0 Å². The topological polar surface area (TPSA) is 83.6 Å². The molecular weight excluding hydrogens is 318 g/mol. The first-order valence-electron chi connectivity index (χ1n) is 7.58. The highest BCUT2D eigenvalue weighted by Crippen LogP contribution is 2.29. The molecule has 0 aliphatic heterocycles. The lowest BCUT2D eigenvalue weighted by atomic mass is 9.95. The summed E-state index contributed by atoms with van der Waals surface area (Å²) in [6.07, 6.45) is 1.92. The van der Waals surface area contributed by atoms with E-state index >= 15 is 0 Å². The third-order valence-electron chi connectivity index (χ3n) is 3.77. The Morgan fingerprint density at radius 1 is 0.760 bits per heavy atom. The number of aromatic hydroxyl groups is 2. The highest BCUT2D eigenvalue weighted by molar-refractivity contribution is 5.91. The van der Waals surface area contributed by atoms with Crippen molar-refractivity contribution in [2.75, 3.05) is 0 Å². The molecule has 3 aromatic rings. The highest BCUT2D eigenvalue weighted by atomic mass is 16.6. The van der Waals surface area contributed by atoms with Gasteiger partial charge in [-0.15, -0.1) is 0 Å². The number of nitro benzene ring substituents is 1. The number of phenols is 2. The van der Waals surface area contributed by atoms with Gasteiger partial charge in [0.05, 0.1) is 4.92 Å². The van der Waals surface area contributed by atoms with Crippen molar-refractivity contribution >= 4 is 17.3 Å². The predicted molar refractivity (Wildman–Crippen MR) is 96.3 cm³/mol. The molecule has 0 spiro atoms. The summed E-state index contributed by atoms with van der Waals surface area (Å²) < 4.78 is 0. The van der Waals surface area contributed by atoms with Crippen LogP contribution in [0, 0.1) is 10.1 Å².